The summed E-state index contributed by atoms with van der Waals surface area (Å²) in [4.78, 5) is 0. The molecule has 1 aromatic carbocycles. The Morgan fingerprint density at radius 3 is 2.29 bits per heavy atom. The zero-order chi connectivity index (χ0) is 13.1. The molecule has 0 aliphatic heterocycles. The molecule has 0 aliphatic carbocycles. The largest absolute Gasteiger partial charge is 0.418 e. The summed E-state index contributed by atoms with van der Waals surface area (Å²) in [6.07, 6.45) is -2.83. The minimum Gasteiger partial charge on any atom is -0.399 e. The van der Waals surface area contributed by atoms with E-state index in [4.69, 9.17) is 5.73 Å². The van der Waals surface area contributed by atoms with Crippen molar-refractivity contribution in [1.82, 2.24) is 0 Å². The molecule has 0 saturated carbocycles. The van der Waals surface area contributed by atoms with E-state index in [2.05, 4.69) is 5.32 Å². The molecule has 5 heteroatoms. The highest BCUT2D eigenvalue weighted by Gasteiger charge is 2.34. The Bertz CT molecular complexity index is 371. The molecule has 0 bridgehead atoms. The van der Waals surface area contributed by atoms with Gasteiger partial charge in [-0.15, -0.1) is 0 Å². The van der Waals surface area contributed by atoms with Gasteiger partial charge in [0.05, 0.1) is 5.56 Å². The predicted octanol–water partition coefficient (Wildman–Crippen LogP) is 3.89. The Morgan fingerprint density at radius 2 is 1.82 bits per heavy atom. The molecule has 0 saturated heterocycles. The predicted molar refractivity (Wildman–Crippen MR) is 63.8 cm³/mol. The quantitative estimate of drug-likeness (QED) is 0.791. The molecule has 0 aromatic heterocycles. The molecule has 0 aliphatic rings. The maximum absolute atomic E-state index is 12.8. The summed E-state index contributed by atoms with van der Waals surface area (Å²) in [5.41, 5.74) is 4.90. The molecule has 3 N–H and O–H groups in total. The van der Waals surface area contributed by atoms with Crippen molar-refractivity contribution in [3.05, 3.63) is 23.8 Å². The van der Waals surface area contributed by atoms with Gasteiger partial charge in [0.25, 0.3) is 0 Å². The van der Waals surface area contributed by atoms with E-state index in [-0.39, 0.29) is 17.4 Å². The van der Waals surface area contributed by atoms with Crippen LogP contribution in [0.1, 0.15) is 32.3 Å². The normalized spacial score (nSPS) is 11.9. The van der Waals surface area contributed by atoms with Crippen molar-refractivity contribution in [3.63, 3.8) is 0 Å². The SMILES string of the molecule is CCC(CC)Nc1ccc(N)cc1C(F)(F)F. The number of alkyl halides is 3. The van der Waals surface area contributed by atoms with Crippen LogP contribution in [0.4, 0.5) is 24.5 Å². The highest BCUT2D eigenvalue weighted by molar-refractivity contribution is 5.59. The van der Waals surface area contributed by atoms with Gasteiger partial charge in [-0.3, -0.25) is 0 Å². The Kier molecular flexibility index (Phi) is 4.26. The summed E-state index contributed by atoms with van der Waals surface area (Å²) in [6.45, 7) is 3.87. The minimum absolute atomic E-state index is 0.0414. The number of anilines is 2. The van der Waals surface area contributed by atoms with Crippen molar-refractivity contribution < 1.29 is 13.2 Å². The van der Waals surface area contributed by atoms with E-state index in [1.807, 2.05) is 13.8 Å². The van der Waals surface area contributed by atoms with E-state index in [0.29, 0.717) is 0 Å². The Labute approximate surface area is 99.0 Å². The summed E-state index contributed by atoms with van der Waals surface area (Å²) in [5.74, 6) is 0. The van der Waals surface area contributed by atoms with Crippen LogP contribution in [0.2, 0.25) is 0 Å². The first-order valence-electron chi connectivity index (χ1n) is 5.61. The molecule has 1 aromatic rings. The van der Waals surface area contributed by atoms with E-state index in [0.717, 1.165) is 18.9 Å². The molecule has 0 atom stereocenters. The Morgan fingerprint density at radius 1 is 1.24 bits per heavy atom. The lowest BCUT2D eigenvalue weighted by Crippen LogP contribution is -2.20. The summed E-state index contributed by atoms with van der Waals surface area (Å²) >= 11 is 0. The zero-order valence-corrected chi connectivity index (χ0v) is 9.93. The number of hydrogen-bond donors (Lipinski definition) is 2. The topological polar surface area (TPSA) is 38.0 Å². The van der Waals surface area contributed by atoms with Gasteiger partial charge >= 0.3 is 6.18 Å². The van der Waals surface area contributed by atoms with Gasteiger partial charge in [0.15, 0.2) is 0 Å². The van der Waals surface area contributed by atoms with Gasteiger partial charge in [0.1, 0.15) is 0 Å². The molecule has 0 radical (unpaired) electrons. The molecule has 2 nitrogen and oxygen atoms in total. The second-order valence-electron chi connectivity index (χ2n) is 3.96. The average Bonchev–Trinajstić information content (AvgIpc) is 2.26. The molecule has 17 heavy (non-hydrogen) atoms. The maximum Gasteiger partial charge on any atom is 0.418 e. The lowest BCUT2D eigenvalue weighted by Gasteiger charge is -2.20. The highest BCUT2D eigenvalue weighted by atomic mass is 19.4. The molecular weight excluding hydrogens is 229 g/mol. The molecule has 96 valence electrons. The molecule has 0 fully saturated rings. The second kappa shape index (κ2) is 5.29. The smallest absolute Gasteiger partial charge is 0.399 e. The van der Waals surface area contributed by atoms with Crippen molar-refractivity contribution >= 4 is 11.4 Å². The van der Waals surface area contributed by atoms with Crippen LogP contribution in [0.15, 0.2) is 18.2 Å². The molecule has 1 rings (SSSR count). The molecular formula is C12H17F3N2. The van der Waals surface area contributed by atoms with Crippen molar-refractivity contribution in [2.24, 2.45) is 0 Å². The molecule has 0 amide bonds. The van der Waals surface area contributed by atoms with Crippen molar-refractivity contribution in [2.75, 3.05) is 11.1 Å². The van der Waals surface area contributed by atoms with Gasteiger partial charge in [-0.1, -0.05) is 13.8 Å². The van der Waals surface area contributed by atoms with Gasteiger partial charge < -0.3 is 11.1 Å². The zero-order valence-electron chi connectivity index (χ0n) is 9.93. The maximum atomic E-state index is 12.8. The van der Waals surface area contributed by atoms with E-state index >= 15 is 0 Å². The number of nitrogen functional groups attached to an aromatic ring is 1. The summed E-state index contributed by atoms with van der Waals surface area (Å²) < 4.78 is 38.4. The van der Waals surface area contributed by atoms with Gasteiger partial charge in [-0.25, -0.2) is 0 Å². The number of rotatable bonds is 4. The number of halogens is 3. The van der Waals surface area contributed by atoms with Crippen molar-refractivity contribution in [1.29, 1.82) is 0 Å². The highest BCUT2D eigenvalue weighted by Crippen LogP contribution is 2.36. The summed E-state index contributed by atoms with van der Waals surface area (Å²) in [7, 11) is 0. The van der Waals surface area contributed by atoms with Crippen molar-refractivity contribution in [2.45, 2.75) is 38.9 Å². The minimum atomic E-state index is -4.39. The molecule has 0 unspecified atom stereocenters. The standard InChI is InChI=1S/C12H17F3N2/c1-3-9(4-2)17-11-6-5-8(16)7-10(11)12(13,14)15/h5-7,9,17H,3-4,16H2,1-2H3. The summed E-state index contributed by atoms with van der Waals surface area (Å²) in [6, 6.07) is 3.86. The van der Waals surface area contributed by atoms with Crippen molar-refractivity contribution in [3.8, 4) is 0 Å². The number of benzene rings is 1. The van der Waals surface area contributed by atoms with Crippen LogP contribution in [-0.2, 0) is 6.18 Å². The monoisotopic (exact) mass is 246 g/mol. The van der Waals surface area contributed by atoms with Crippen LogP contribution in [0.5, 0.6) is 0 Å². The third-order valence-corrected chi connectivity index (χ3v) is 2.69. The lowest BCUT2D eigenvalue weighted by atomic mass is 10.1. The van der Waals surface area contributed by atoms with Crippen LogP contribution in [0.25, 0.3) is 0 Å². The van der Waals surface area contributed by atoms with E-state index in [1.165, 1.54) is 12.1 Å². The van der Waals surface area contributed by atoms with Gasteiger partial charge in [-0.05, 0) is 31.0 Å². The van der Waals surface area contributed by atoms with Crippen LogP contribution in [-0.4, -0.2) is 6.04 Å². The fourth-order valence-electron chi connectivity index (χ4n) is 1.63. The van der Waals surface area contributed by atoms with Crippen LogP contribution in [0.3, 0.4) is 0 Å². The van der Waals surface area contributed by atoms with E-state index in [9.17, 15) is 13.2 Å². The van der Waals surface area contributed by atoms with Crippen LogP contribution >= 0.6 is 0 Å². The van der Waals surface area contributed by atoms with Gasteiger partial charge in [0, 0.05) is 17.4 Å². The number of hydrogen-bond acceptors (Lipinski definition) is 2. The summed E-state index contributed by atoms with van der Waals surface area (Å²) in [5, 5.41) is 2.91. The molecule has 0 heterocycles. The van der Waals surface area contributed by atoms with E-state index in [1.54, 1.807) is 0 Å². The first kappa shape index (κ1) is 13.7. The lowest BCUT2D eigenvalue weighted by molar-refractivity contribution is -0.136. The Hall–Kier alpha value is -1.39. The van der Waals surface area contributed by atoms with Crippen LogP contribution in [0, 0.1) is 0 Å². The first-order valence-corrected chi connectivity index (χ1v) is 5.61. The first-order chi connectivity index (χ1) is 7.88. The number of nitrogens with one attached hydrogen (secondary N) is 1. The fourth-order valence-corrected chi connectivity index (χ4v) is 1.63. The van der Waals surface area contributed by atoms with Gasteiger partial charge in [0.2, 0.25) is 0 Å². The van der Waals surface area contributed by atoms with Crippen LogP contribution < -0.4 is 11.1 Å². The third kappa shape index (κ3) is 3.54. The second-order valence-corrected chi connectivity index (χ2v) is 3.96. The average molecular weight is 246 g/mol. The van der Waals surface area contributed by atoms with Gasteiger partial charge in [-0.2, -0.15) is 13.2 Å². The fraction of sp³-hybridized carbons (Fsp3) is 0.500. The third-order valence-electron chi connectivity index (χ3n) is 2.69. The Balaban J connectivity index is 3.06. The van der Waals surface area contributed by atoms with E-state index < -0.39 is 11.7 Å². The number of nitrogens with two attached hydrogens (primary N) is 1. The molecule has 0 spiro atoms.